The highest BCUT2D eigenvalue weighted by atomic mass is 15.2. The first kappa shape index (κ1) is 8.52. The molecule has 0 radical (unpaired) electrons. The van der Waals surface area contributed by atoms with Crippen LogP contribution in [-0.2, 0) is 0 Å². The first-order valence-corrected chi connectivity index (χ1v) is 4.96. The van der Waals surface area contributed by atoms with E-state index in [1.165, 1.54) is 32.4 Å². The van der Waals surface area contributed by atoms with E-state index >= 15 is 0 Å². The molecule has 1 atom stereocenters. The lowest BCUT2D eigenvalue weighted by molar-refractivity contribution is 0.0233. The molecule has 1 saturated heterocycles. The first-order valence-electron chi connectivity index (χ1n) is 4.96. The lowest BCUT2D eigenvalue weighted by Crippen LogP contribution is -2.53. The molecule has 0 aromatic heterocycles. The molecule has 2 fully saturated rings. The summed E-state index contributed by atoms with van der Waals surface area (Å²) in [5.41, 5.74) is 0.726. The van der Waals surface area contributed by atoms with Gasteiger partial charge in [-0.25, -0.2) is 0 Å². The van der Waals surface area contributed by atoms with Crippen molar-refractivity contribution in [2.24, 2.45) is 5.41 Å². The fourth-order valence-electron chi connectivity index (χ4n) is 3.00. The molecular formula is C10H20N2. The van der Waals surface area contributed by atoms with Crippen LogP contribution in [0.25, 0.3) is 0 Å². The third kappa shape index (κ3) is 1.27. The minimum absolute atomic E-state index is 0.726. The fraction of sp³-hybridized carbons (Fsp3) is 1.00. The van der Waals surface area contributed by atoms with Crippen molar-refractivity contribution < 1.29 is 0 Å². The zero-order chi connectivity index (χ0) is 8.77. The highest BCUT2D eigenvalue weighted by Gasteiger charge is 2.46. The van der Waals surface area contributed by atoms with E-state index in [1.54, 1.807) is 0 Å². The van der Waals surface area contributed by atoms with Gasteiger partial charge in [-0.3, -0.25) is 0 Å². The quantitative estimate of drug-likeness (QED) is 0.577. The van der Waals surface area contributed by atoms with Gasteiger partial charge in [-0.05, 0) is 45.8 Å². The largest absolute Gasteiger partial charge is 0.306 e. The van der Waals surface area contributed by atoms with Crippen molar-refractivity contribution in [3.63, 3.8) is 0 Å². The average Bonchev–Trinajstić information content (AvgIpc) is 2.31. The van der Waals surface area contributed by atoms with Gasteiger partial charge in [0.05, 0.1) is 0 Å². The van der Waals surface area contributed by atoms with Gasteiger partial charge < -0.3 is 9.80 Å². The lowest BCUT2D eigenvalue weighted by Gasteiger charge is -2.46. The normalized spacial score (nSPS) is 34.5. The van der Waals surface area contributed by atoms with Crippen molar-refractivity contribution >= 4 is 0 Å². The van der Waals surface area contributed by atoms with Crippen LogP contribution in [0.3, 0.4) is 0 Å². The van der Waals surface area contributed by atoms with Crippen LogP contribution in [0.5, 0.6) is 0 Å². The number of hydrogen-bond acceptors (Lipinski definition) is 2. The molecule has 0 bridgehead atoms. The molecule has 0 amide bonds. The van der Waals surface area contributed by atoms with E-state index in [1.807, 2.05) is 0 Å². The monoisotopic (exact) mass is 168 g/mol. The van der Waals surface area contributed by atoms with Crippen molar-refractivity contribution in [1.82, 2.24) is 9.80 Å². The maximum absolute atomic E-state index is 2.44. The smallest absolute Gasteiger partial charge is 0.00956 e. The Kier molecular flexibility index (Phi) is 1.92. The molecule has 70 valence electrons. The summed E-state index contributed by atoms with van der Waals surface area (Å²) in [6, 6.07) is 0.860. The van der Waals surface area contributed by atoms with Crippen molar-refractivity contribution in [2.75, 3.05) is 34.2 Å². The van der Waals surface area contributed by atoms with Crippen molar-refractivity contribution in [3.8, 4) is 0 Å². The number of rotatable bonds is 1. The van der Waals surface area contributed by atoms with Crippen LogP contribution in [0.4, 0.5) is 0 Å². The molecule has 2 rings (SSSR count). The summed E-state index contributed by atoms with van der Waals surface area (Å²) in [6.07, 6.45) is 4.31. The molecule has 0 N–H and O–H groups in total. The standard InChI is InChI=1S/C10H20N2/c1-11(2)9-4-5-10(6-9)7-12(3)8-10/h9H,4-8H2,1-3H3. The van der Waals surface area contributed by atoms with Crippen LogP contribution in [0, 0.1) is 5.41 Å². The maximum Gasteiger partial charge on any atom is 0.00956 e. The Morgan fingerprint density at radius 1 is 1.33 bits per heavy atom. The van der Waals surface area contributed by atoms with E-state index < -0.39 is 0 Å². The van der Waals surface area contributed by atoms with E-state index in [0.29, 0.717) is 0 Å². The second kappa shape index (κ2) is 2.71. The Labute approximate surface area is 75.5 Å². The minimum atomic E-state index is 0.726. The van der Waals surface area contributed by atoms with E-state index in [0.717, 1.165) is 11.5 Å². The van der Waals surface area contributed by atoms with E-state index in [9.17, 15) is 0 Å². The summed E-state index contributed by atoms with van der Waals surface area (Å²) >= 11 is 0. The lowest BCUT2D eigenvalue weighted by atomic mass is 9.78. The molecule has 1 saturated carbocycles. The summed E-state index contributed by atoms with van der Waals surface area (Å²) < 4.78 is 0. The molecule has 2 aliphatic rings. The molecule has 1 aliphatic heterocycles. The SMILES string of the molecule is CN1CC2(CCC(N(C)C)C2)C1. The molecule has 1 unspecified atom stereocenters. The van der Waals surface area contributed by atoms with Crippen LogP contribution in [0.1, 0.15) is 19.3 Å². The molecule has 2 nitrogen and oxygen atoms in total. The summed E-state index contributed by atoms with van der Waals surface area (Å²) in [5, 5.41) is 0. The van der Waals surface area contributed by atoms with Gasteiger partial charge in [-0.1, -0.05) is 0 Å². The third-order valence-corrected chi connectivity index (χ3v) is 3.62. The summed E-state index contributed by atoms with van der Waals surface area (Å²) in [4.78, 5) is 4.84. The van der Waals surface area contributed by atoms with Gasteiger partial charge in [0.25, 0.3) is 0 Å². The zero-order valence-corrected chi connectivity index (χ0v) is 8.51. The first-order chi connectivity index (χ1) is 5.61. The van der Waals surface area contributed by atoms with E-state index in [-0.39, 0.29) is 0 Å². The predicted octanol–water partition coefficient (Wildman–Crippen LogP) is 1.03. The molecule has 0 aromatic carbocycles. The third-order valence-electron chi connectivity index (χ3n) is 3.62. The fourth-order valence-corrected chi connectivity index (χ4v) is 3.00. The van der Waals surface area contributed by atoms with Crippen molar-refractivity contribution in [1.29, 1.82) is 0 Å². The Bertz CT molecular complexity index is 171. The molecule has 2 heteroatoms. The Hall–Kier alpha value is -0.0800. The molecule has 12 heavy (non-hydrogen) atoms. The number of likely N-dealkylation sites (tertiary alicyclic amines) is 1. The van der Waals surface area contributed by atoms with Gasteiger partial charge >= 0.3 is 0 Å². The summed E-state index contributed by atoms with van der Waals surface area (Å²) in [7, 11) is 6.66. The minimum Gasteiger partial charge on any atom is -0.306 e. The van der Waals surface area contributed by atoms with E-state index in [2.05, 4.69) is 30.9 Å². The van der Waals surface area contributed by atoms with Crippen LogP contribution >= 0.6 is 0 Å². The average molecular weight is 168 g/mol. The van der Waals surface area contributed by atoms with Gasteiger partial charge in [0.2, 0.25) is 0 Å². The number of hydrogen-bond donors (Lipinski definition) is 0. The van der Waals surface area contributed by atoms with Crippen LogP contribution in [-0.4, -0.2) is 50.1 Å². The van der Waals surface area contributed by atoms with Crippen molar-refractivity contribution in [2.45, 2.75) is 25.3 Å². The van der Waals surface area contributed by atoms with Gasteiger partial charge in [0.1, 0.15) is 0 Å². The second-order valence-corrected chi connectivity index (χ2v) is 5.03. The van der Waals surface area contributed by atoms with Crippen LogP contribution < -0.4 is 0 Å². The highest BCUT2D eigenvalue weighted by Crippen LogP contribution is 2.45. The van der Waals surface area contributed by atoms with Gasteiger partial charge in [-0.15, -0.1) is 0 Å². The van der Waals surface area contributed by atoms with Crippen LogP contribution in [0.2, 0.25) is 0 Å². The van der Waals surface area contributed by atoms with Gasteiger partial charge in [0.15, 0.2) is 0 Å². The summed E-state index contributed by atoms with van der Waals surface area (Å²) in [6.45, 7) is 2.69. The molecule has 0 aromatic rings. The van der Waals surface area contributed by atoms with E-state index in [4.69, 9.17) is 0 Å². The second-order valence-electron chi connectivity index (χ2n) is 5.03. The molecule has 1 aliphatic carbocycles. The Morgan fingerprint density at radius 2 is 2.00 bits per heavy atom. The van der Waals surface area contributed by atoms with Crippen LogP contribution in [0.15, 0.2) is 0 Å². The topological polar surface area (TPSA) is 6.48 Å². The van der Waals surface area contributed by atoms with Gasteiger partial charge in [0, 0.05) is 19.1 Å². The predicted molar refractivity (Wildman–Crippen MR) is 51.3 cm³/mol. The molecular weight excluding hydrogens is 148 g/mol. The molecule has 1 spiro atoms. The van der Waals surface area contributed by atoms with Gasteiger partial charge in [-0.2, -0.15) is 0 Å². The summed E-state index contributed by atoms with van der Waals surface area (Å²) in [5.74, 6) is 0. The Morgan fingerprint density at radius 3 is 2.42 bits per heavy atom. The zero-order valence-electron chi connectivity index (χ0n) is 8.51. The molecule has 1 heterocycles. The highest BCUT2D eigenvalue weighted by molar-refractivity contribution is 5.01. The Balaban J connectivity index is 1.90. The maximum atomic E-state index is 2.44. The number of nitrogens with zero attached hydrogens (tertiary/aromatic N) is 2. The van der Waals surface area contributed by atoms with Crippen molar-refractivity contribution in [3.05, 3.63) is 0 Å².